The fraction of sp³-hybridized carbons (Fsp3) is 0.455. The summed E-state index contributed by atoms with van der Waals surface area (Å²) in [4.78, 5) is 20.2. The minimum atomic E-state index is -4.24. The number of hydrogen-bond donors (Lipinski definition) is 2. The molecule has 0 radical (unpaired) electrons. The van der Waals surface area contributed by atoms with E-state index in [1.54, 1.807) is 0 Å². The minimum Gasteiger partial charge on any atom is -0.258 e. The summed E-state index contributed by atoms with van der Waals surface area (Å²) < 4.78 is 57.0. The van der Waals surface area contributed by atoms with Crippen LogP contribution >= 0.6 is 0 Å². The standard InChI is InChI=1S/C22H28N4O8S2/c1-21(2)12-16(24-36(33,34)20-11-7-5-9-18(20)26(29)30)13-22(3,14-21)15-23-35(31,32)19-10-6-4-8-17(19)25(27)28/h4-11,16,23-24H,12-15H2,1-3H3. The molecule has 0 aromatic heterocycles. The largest absolute Gasteiger partial charge is 0.289 e. The van der Waals surface area contributed by atoms with Crippen LogP contribution in [0.1, 0.15) is 40.0 Å². The van der Waals surface area contributed by atoms with Gasteiger partial charge in [-0.3, -0.25) is 20.2 Å². The van der Waals surface area contributed by atoms with Gasteiger partial charge < -0.3 is 0 Å². The monoisotopic (exact) mass is 540 g/mol. The molecule has 1 saturated carbocycles. The smallest absolute Gasteiger partial charge is 0.258 e. The van der Waals surface area contributed by atoms with Crippen molar-refractivity contribution < 1.29 is 26.7 Å². The molecule has 12 nitrogen and oxygen atoms in total. The number of sulfonamides is 2. The van der Waals surface area contributed by atoms with Crippen LogP contribution in [0.2, 0.25) is 0 Å². The second-order valence-electron chi connectivity index (χ2n) is 10.2. The zero-order valence-corrected chi connectivity index (χ0v) is 21.6. The van der Waals surface area contributed by atoms with E-state index >= 15 is 0 Å². The van der Waals surface area contributed by atoms with E-state index in [1.807, 2.05) is 20.8 Å². The molecule has 1 aliphatic carbocycles. The predicted molar refractivity (Wildman–Crippen MR) is 131 cm³/mol. The highest BCUT2D eigenvalue weighted by atomic mass is 32.2. The number of rotatable bonds is 9. The third-order valence-corrected chi connectivity index (χ3v) is 9.17. The molecular formula is C22H28N4O8S2. The summed E-state index contributed by atoms with van der Waals surface area (Å²) in [5, 5.41) is 22.6. The topological polar surface area (TPSA) is 179 Å². The second kappa shape index (κ2) is 9.84. The Balaban J connectivity index is 1.83. The molecule has 0 saturated heterocycles. The van der Waals surface area contributed by atoms with Crippen LogP contribution in [0.25, 0.3) is 0 Å². The molecule has 2 aromatic rings. The molecule has 2 unspecified atom stereocenters. The van der Waals surface area contributed by atoms with Gasteiger partial charge in [-0.15, -0.1) is 0 Å². The molecule has 196 valence electrons. The Morgan fingerprint density at radius 3 is 1.81 bits per heavy atom. The van der Waals surface area contributed by atoms with Crippen LogP contribution in [0.4, 0.5) is 11.4 Å². The van der Waals surface area contributed by atoms with E-state index in [4.69, 9.17) is 0 Å². The Morgan fingerprint density at radius 1 is 0.833 bits per heavy atom. The SMILES string of the molecule is CC1(C)CC(NS(=O)(=O)c2ccccc2[N+](=O)[O-])CC(C)(CNS(=O)(=O)c2ccccc2[N+](=O)[O-])C1. The molecule has 2 N–H and O–H groups in total. The number of benzene rings is 2. The summed E-state index contributed by atoms with van der Waals surface area (Å²) in [5.74, 6) is 0. The van der Waals surface area contributed by atoms with Gasteiger partial charge in [0, 0.05) is 24.7 Å². The molecule has 36 heavy (non-hydrogen) atoms. The first-order chi connectivity index (χ1) is 16.6. The van der Waals surface area contributed by atoms with Gasteiger partial charge in [0.15, 0.2) is 9.79 Å². The molecule has 1 fully saturated rings. The van der Waals surface area contributed by atoms with Gasteiger partial charge in [-0.2, -0.15) is 0 Å². The first-order valence-corrected chi connectivity index (χ1v) is 14.0. The molecule has 1 aliphatic rings. The summed E-state index contributed by atoms with van der Waals surface area (Å²) in [6.07, 6.45) is 1.22. The van der Waals surface area contributed by atoms with Crippen molar-refractivity contribution in [1.82, 2.24) is 9.44 Å². The van der Waals surface area contributed by atoms with Gasteiger partial charge in [-0.05, 0) is 42.2 Å². The normalized spacial score (nSPS) is 22.1. The summed E-state index contributed by atoms with van der Waals surface area (Å²) in [6, 6.07) is 9.44. The maximum Gasteiger partial charge on any atom is 0.289 e. The van der Waals surface area contributed by atoms with E-state index in [-0.39, 0.29) is 13.0 Å². The van der Waals surface area contributed by atoms with Crippen LogP contribution in [-0.2, 0) is 20.0 Å². The fourth-order valence-electron chi connectivity index (χ4n) is 5.15. The third-order valence-electron chi connectivity index (χ3n) is 6.16. The Hall–Kier alpha value is -2.94. The van der Waals surface area contributed by atoms with Gasteiger partial charge >= 0.3 is 0 Å². The van der Waals surface area contributed by atoms with Gasteiger partial charge in [-0.1, -0.05) is 45.0 Å². The Morgan fingerprint density at radius 2 is 1.31 bits per heavy atom. The van der Waals surface area contributed by atoms with Crippen molar-refractivity contribution in [2.45, 2.75) is 55.9 Å². The van der Waals surface area contributed by atoms with E-state index in [1.165, 1.54) is 24.3 Å². The van der Waals surface area contributed by atoms with Crippen molar-refractivity contribution in [3.05, 3.63) is 68.8 Å². The van der Waals surface area contributed by atoms with Crippen LogP contribution in [0.15, 0.2) is 58.3 Å². The van der Waals surface area contributed by atoms with E-state index in [9.17, 15) is 37.1 Å². The molecule has 0 aliphatic heterocycles. The molecule has 3 rings (SSSR count). The van der Waals surface area contributed by atoms with E-state index in [2.05, 4.69) is 9.44 Å². The summed E-state index contributed by atoms with van der Waals surface area (Å²) in [5.41, 5.74) is -2.20. The molecule has 14 heteroatoms. The Bertz CT molecular complexity index is 1390. The molecule has 2 aromatic carbocycles. The van der Waals surface area contributed by atoms with Crippen molar-refractivity contribution in [3.63, 3.8) is 0 Å². The van der Waals surface area contributed by atoms with Crippen LogP contribution in [0.3, 0.4) is 0 Å². The van der Waals surface area contributed by atoms with Gasteiger partial charge in [0.2, 0.25) is 20.0 Å². The van der Waals surface area contributed by atoms with Crippen molar-refractivity contribution in [2.75, 3.05) is 6.54 Å². The number of nitrogens with one attached hydrogen (secondary N) is 2. The molecule has 2 atom stereocenters. The van der Waals surface area contributed by atoms with E-state index in [0.29, 0.717) is 12.8 Å². The average molecular weight is 541 g/mol. The van der Waals surface area contributed by atoms with Crippen molar-refractivity contribution in [1.29, 1.82) is 0 Å². The van der Waals surface area contributed by atoms with E-state index in [0.717, 1.165) is 24.3 Å². The molecule has 0 bridgehead atoms. The summed E-state index contributed by atoms with van der Waals surface area (Å²) >= 11 is 0. The van der Waals surface area contributed by atoms with Crippen molar-refractivity contribution in [3.8, 4) is 0 Å². The van der Waals surface area contributed by atoms with Gasteiger partial charge in [-0.25, -0.2) is 26.3 Å². The average Bonchev–Trinajstić information content (AvgIpc) is 2.76. The number of hydrogen-bond acceptors (Lipinski definition) is 8. The van der Waals surface area contributed by atoms with Crippen LogP contribution < -0.4 is 9.44 Å². The van der Waals surface area contributed by atoms with E-state index < -0.39 is 67.9 Å². The summed E-state index contributed by atoms with van der Waals surface area (Å²) in [7, 11) is -8.47. The van der Waals surface area contributed by atoms with Gasteiger partial charge in [0.05, 0.1) is 9.85 Å². The second-order valence-corrected chi connectivity index (χ2v) is 13.6. The Labute approximate surface area is 209 Å². The predicted octanol–water partition coefficient (Wildman–Crippen LogP) is 3.34. The maximum atomic E-state index is 13.1. The highest BCUT2D eigenvalue weighted by Gasteiger charge is 2.43. The molecule has 0 spiro atoms. The highest BCUT2D eigenvalue weighted by molar-refractivity contribution is 7.90. The lowest BCUT2D eigenvalue weighted by molar-refractivity contribution is -0.388. The van der Waals surface area contributed by atoms with Crippen LogP contribution in [0.5, 0.6) is 0 Å². The van der Waals surface area contributed by atoms with Gasteiger partial charge in [0.25, 0.3) is 11.4 Å². The number of nitro groups is 2. The van der Waals surface area contributed by atoms with Gasteiger partial charge in [0.1, 0.15) is 0 Å². The first kappa shape index (κ1) is 27.6. The number of para-hydroxylation sites is 2. The zero-order valence-electron chi connectivity index (χ0n) is 20.0. The van der Waals surface area contributed by atoms with Crippen LogP contribution in [-0.4, -0.2) is 39.3 Å². The lowest BCUT2D eigenvalue weighted by Crippen LogP contribution is -2.50. The van der Waals surface area contributed by atoms with Crippen LogP contribution in [0, 0.1) is 31.1 Å². The quantitative estimate of drug-likeness (QED) is 0.359. The first-order valence-electron chi connectivity index (χ1n) is 11.0. The molecular weight excluding hydrogens is 512 g/mol. The highest BCUT2D eigenvalue weighted by Crippen LogP contribution is 2.46. The number of nitro benzene ring substituents is 2. The fourth-order valence-corrected chi connectivity index (χ4v) is 7.93. The maximum absolute atomic E-state index is 13.1. The lowest BCUT2D eigenvalue weighted by atomic mass is 9.63. The van der Waals surface area contributed by atoms with Crippen molar-refractivity contribution in [2.24, 2.45) is 10.8 Å². The minimum absolute atomic E-state index is 0.0888. The zero-order chi connectivity index (χ0) is 26.9. The molecule has 0 heterocycles. The lowest BCUT2D eigenvalue weighted by Gasteiger charge is -2.46. The third kappa shape index (κ3) is 6.24. The Kier molecular flexibility index (Phi) is 7.56. The summed E-state index contributed by atoms with van der Waals surface area (Å²) in [6.45, 7) is 5.57. The molecule has 0 amide bonds. The number of nitrogens with zero attached hydrogens (tertiary/aromatic N) is 2. The van der Waals surface area contributed by atoms with Crippen molar-refractivity contribution >= 4 is 31.4 Å².